The minimum atomic E-state index is 1.20. The van der Waals surface area contributed by atoms with E-state index in [1.807, 2.05) is 0 Å². The molecule has 0 aromatic heterocycles. The van der Waals surface area contributed by atoms with Crippen LogP contribution in [0.2, 0.25) is 0 Å². The fourth-order valence-corrected chi connectivity index (χ4v) is 11.4. The van der Waals surface area contributed by atoms with Gasteiger partial charge in [0.05, 0.1) is 0 Å². The highest BCUT2D eigenvalue weighted by Crippen LogP contribution is 2.53. The summed E-state index contributed by atoms with van der Waals surface area (Å²) in [4.78, 5) is 0. The van der Waals surface area contributed by atoms with Gasteiger partial charge >= 0.3 is 0 Å². The van der Waals surface area contributed by atoms with Crippen LogP contribution in [0.25, 0.3) is 142 Å². The zero-order chi connectivity index (χ0) is 44.7. The SMILES string of the molecule is c1ccc(-c2cc3ccccc3cc2-c2c3ccccc3c(-c3cccc4ccccc34)c3c4ccc(-c5ccc6ccccc6c5)cc4c4cc(-c5ccc6ccccc6c5)ccc4c23)cc1. The minimum absolute atomic E-state index is 1.20. The molecule has 0 amide bonds. The van der Waals surface area contributed by atoms with Crippen molar-refractivity contribution in [3.05, 3.63) is 255 Å². The van der Waals surface area contributed by atoms with Crippen LogP contribution in [0, 0.1) is 0 Å². The molecule has 314 valence electrons. The maximum atomic E-state index is 2.47. The van der Waals surface area contributed by atoms with Gasteiger partial charge < -0.3 is 0 Å². The lowest BCUT2D eigenvalue weighted by atomic mass is 9.78. The van der Waals surface area contributed by atoms with E-state index >= 15 is 0 Å². The van der Waals surface area contributed by atoms with E-state index in [9.17, 15) is 0 Å². The van der Waals surface area contributed by atoms with Crippen molar-refractivity contribution < 1.29 is 0 Å². The van der Waals surface area contributed by atoms with Crippen LogP contribution >= 0.6 is 0 Å². The molecule has 0 radical (unpaired) electrons. The summed E-state index contributed by atoms with van der Waals surface area (Å²) >= 11 is 0. The Hall–Kier alpha value is -8.84. The number of hydrogen-bond acceptors (Lipinski definition) is 0. The van der Waals surface area contributed by atoms with Crippen LogP contribution in [-0.4, -0.2) is 0 Å². The van der Waals surface area contributed by atoms with E-state index < -0.39 is 0 Å². The minimum Gasteiger partial charge on any atom is -0.0622 e. The third kappa shape index (κ3) is 6.08. The predicted octanol–water partition coefficient (Wildman–Crippen LogP) is 19.2. The third-order valence-corrected chi connectivity index (χ3v) is 14.5. The van der Waals surface area contributed by atoms with Crippen molar-refractivity contribution in [1.29, 1.82) is 0 Å². The van der Waals surface area contributed by atoms with Crippen LogP contribution in [0.5, 0.6) is 0 Å². The fourth-order valence-electron chi connectivity index (χ4n) is 11.4. The van der Waals surface area contributed by atoms with Crippen molar-refractivity contribution in [2.24, 2.45) is 0 Å². The van der Waals surface area contributed by atoms with Crippen molar-refractivity contribution in [3.8, 4) is 55.6 Å². The first-order valence-electron chi connectivity index (χ1n) is 23.6. The summed E-state index contributed by atoms with van der Waals surface area (Å²) in [6.07, 6.45) is 0. The van der Waals surface area contributed by atoms with Crippen molar-refractivity contribution in [3.63, 3.8) is 0 Å². The molecule has 0 aliphatic carbocycles. The van der Waals surface area contributed by atoms with Crippen molar-refractivity contribution in [1.82, 2.24) is 0 Å². The topological polar surface area (TPSA) is 0 Å². The van der Waals surface area contributed by atoms with Gasteiger partial charge in [0.2, 0.25) is 0 Å². The van der Waals surface area contributed by atoms with Crippen LogP contribution in [0.3, 0.4) is 0 Å². The molecular formula is C68H42. The van der Waals surface area contributed by atoms with E-state index in [4.69, 9.17) is 0 Å². The van der Waals surface area contributed by atoms with Gasteiger partial charge in [-0.15, -0.1) is 0 Å². The summed E-state index contributed by atoms with van der Waals surface area (Å²) in [6.45, 7) is 0. The maximum absolute atomic E-state index is 2.47. The smallest absolute Gasteiger partial charge is 0.000740 e. The van der Waals surface area contributed by atoms with Crippen LogP contribution in [-0.2, 0) is 0 Å². The monoisotopic (exact) mass is 858 g/mol. The Morgan fingerprint density at radius 1 is 0.162 bits per heavy atom. The Bertz CT molecular complexity index is 4360. The quantitative estimate of drug-likeness (QED) is 0.119. The van der Waals surface area contributed by atoms with Gasteiger partial charge in [0.25, 0.3) is 0 Å². The predicted molar refractivity (Wildman–Crippen MR) is 294 cm³/mol. The highest BCUT2D eigenvalue weighted by Gasteiger charge is 2.25. The molecular weight excluding hydrogens is 817 g/mol. The average Bonchev–Trinajstić information content (AvgIpc) is 3.41. The van der Waals surface area contributed by atoms with Gasteiger partial charge in [-0.25, -0.2) is 0 Å². The Balaban J connectivity index is 1.20. The molecule has 0 nitrogen and oxygen atoms in total. The van der Waals surface area contributed by atoms with Gasteiger partial charge in [0, 0.05) is 0 Å². The first-order valence-corrected chi connectivity index (χ1v) is 23.6. The van der Waals surface area contributed by atoms with E-state index in [1.165, 1.54) is 142 Å². The first kappa shape index (κ1) is 38.4. The molecule has 0 heterocycles. The molecule has 0 unspecified atom stereocenters. The molecule has 0 aliphatic rings. The number of benzene rings is 14. The van der Waals surface area contributed by atoms with Crippen LogP contribution in [0.1, 0.15) is 0 Å². The molecule has 0 atom stereocenters. The van der Waals surface area contributed by atoms with Crippen molar-refractivity contribution >= 4 is 86.2 Å². The van der Waals surface area contributed by atoms with E-state index in [2.05, 4.69) is 255 Å². The fraction of sp³-hybridized carbons (Fsp3) is 0. The zero-order valence-corrected chi connectivity index (χ0v) is 37.2. The van der Waals surface area contributed by atoms with Gasteiger partial charge in [-0.05, 0) is 178 Å². The lowest BCUT2D eigenvalue weighted by Crippen LogP contribution is -1.96. The number of hydrogen-bond donors (Lipinski definition) is 0. The second-order valence-corrected chi connectivity index (χ2v) is 18.3. The second kappa shape index (κ2) is 15.4. The molecule has 0 N–H and O–H groups in total. The van der Waals surface area contributed by atoms with Gasteiger partial charge in [0.15, 0.2) is 0 Å². The maximum Gasteiger partial charge on any atom is -0.000740 e. The molecule has 0 spiro atoms. The summed E-state index contributed by atoms with van der Waals surface area (Å²) in [7, 11) is 0. The van der Waals surface area contributed by atoms with Gasteiger partial charge in [-0.3, -0.25) is 0 Å². The number of rotatable bonds is 5. The molecule has 0 bridgehead atoms. The largest absolute Gasteiger partial charge is 0.0622 e. The molecule has 0 heteroatoms. The molecule has 68 heavy (non-hydrogen) atoms. The Labute approximate surface area is 394 Å². The van der Waals surface area contributed by atoms with E-state index in [0.29, 0.717) is 0 Å². The normalized spacial score (nSPS) is 11.8. The van der Waals surface area contributed by atoms with E-state index in [-0.39, 0.29) is 0 Å². The Morgan fingerprint density at radius 3 is 1.12 bits per heavy atom. The van der Waals surface area contributed by atoms with Gasteiger partial charge in [-0.2, -0.15) is 0 Å². The summed E-state index contributed by atoms with van der Waals surface area (Å²) in [5.41, 5.74) is 12.2. The Kier molecular flexibility index (Phi) is 8.69. The number of fused-ring (bicyclic) bond motifs is 11. The highest BCUT2D eigenvalue weighted by atomic mass is 14.3. The van der Waals surface area contributed by atoms with Gasteiger partial charge in [0.1, 0.15) is 0 Å². The zero-order valence-electron chi connectivity index (χ0n) is 37.2. The van der Waals surface area contributed by atoms with Crippen molar-refractivity contribution in [2.75, 3.05) is 0 Å². The molecule has 14 rings (SSSR count). The lowest BCUT2D eigenvalue weighted by Gasteiger charge is -2.24. The summed E-state index contributed by atoms with van der Waals surface area (Å²) in [5, 5.41) is 19.9. The highest BCUT2D eigenvalue weighted by molar-refractivity contribution is 6.38. The standard InChI is InChI=1S/C68H42/c1-2-17-46(18-3-1)61-39-49-22-8-9-23-50(49)42-64(61)66-58-27-13-12-26-57(58)65(56-28-14-24-45-19-10-11-25-55(45)56)67-59-35-33-53(51-31-29-43-15-4-6-20-47(43)37-51)40-62(59)63-41-54(34-36-60(63)68(66)67)52-32-30-44-16-5-7-21-48(44)38-52/h1-42H. The average molecular weight is 859 g/mol. The van der Waals surface area contributed by atoms with Gasteiger partial charge in [-0.1, -0.05) is 218 Å². The molecule has 0 fully saturated rings. The summed E-state index contributed by atoms with van der Waals surface area (Å²) in [6, 6.07) is 95.2. The molecule has 0 saturated heterocycles. The van der Waals surface area contributed by atoms with E-state index in [0.717, 1.165) is 0 Å². The molecule has 0 aliphatic heterocycles. The second-order valence-electron chi connectivity index (χ2n) is 18.3. The van der Waals surface area contributed by atoms with Crippen molar-refractivity contribution in [2.45, 2.75) is 0 Å². The van der Waals surface area contributed by atoms with Crippen LogP contribution in [0.15, 0.2) is 255 Å². The summed E-state index contributed by atoms with van der Waals surface area (Å²) < 4.78 is 0. The van der Waals surface area contributed by atoms with Crippen LogP contribution in [0.4, 0.5) is 0 Å². The molecule has 0 saturated carbocycles. The van der Waals surface area contributed by atoms with Crippen LogP contribution < -0.4 is 0 Å². The third-order valence-electron chi connectivity index (χ3n) is 14.5. The van der Waals surface area contributed by atoms with E-state index in [1.54, 1.807) is 0 Å². The molecule has 14 aromatic carbocycles. The first-order chi connectivity index (χ1) is 33.7. The lowest BCUT2D eigenvalue weighted by molar-refractivity contribution is 1.63. The molecule has 14 aromatic rings. The summed E-state index contributed by atoms with van der Waals surface area (Å²) in [5.74, 6) is 0. The Morgan fingerprint density at radius 2 is 0.559 bits per heavy atom.